The first-order valence-electron chi connectivity index (χ1n) is 9.84. The fourth-order valence-electron chi connectivity index (χ4n) is 3.64. The van der Waals surface area contributed by atoms with Gasteiger partial charge in [-0.2, -0.15) is 13.2 Å². The van der Waals surface area contributed by atoms with Crippen molar-refractivity contribution in [1.29, 1.82) is 0 Å². The Hall–Kier alpha value is -2.54. The predicted octanol–water partition coefficient (Wildman–Crippen LogP) is 4.42. The van der Waals surface area contributed by atoms with Gasteiger partial charge >= 0.3 is 12.2 Å². The fraction of sp³-hybridized carbons (Fsp3) is 0.409. The third-order valence-corrected chi connectivity index (χ3v) is 5.11. The number of rotatable bonds is 6. The van der Waals surface area contributed by atoms with Crippen LogP contribution in [0.1, 0.15) is 29.5 Å². The second kappa shape index (κ2) is 9.78. The van der Waals surface area contributed by atoms with Gasteiger partial charge in [-0.15, -0.1) is 0 Å². The molecule has 1 atom stereocenters. The van der Waals surface area contributed by atoms with Crippen molar-refractivity contribution in [2.75, 3.05) is 19.6 Å². The number of nitrogens with zero attached hydrogens (tertiary/aromatic N) is 1. The van der Waals surface area contributed by atoms with Crippen molar-refractivity contribution in [2.45, 2.75) is 32.1 Å². The van der Waals surface area contributed by atoms with Crippen molar-refractivity contribution in [3.05, 3.63) is 71.3 Å². The normalized spacial score (nSPS) is 17.7. The average molecular weight is 405 g/mol. The van der Waals surface area contributed by atoms with E-state index in [1.807, 2.05) is 18.2 Å². The molecule has 1 saturated heterocycles. The smallest absolute Gasteiger partial charge is 0.338 e. The molecule has 1 aliphatic heterocycles. The molecule has 1 fully saturated rings. The van der Waals surface area contributed by atoms with Gasteiger partial charge in [0.05, 0.1) is 5.56 Å². The maximum Gasteiger partial charge on any atom is 0.416 e. The maximum absolute atomic E-state index is 12.8. The average Bonchev–Trinajstić information content (AvgIpc) is 2.71. The van der Waals surface area contributed by atoms with E-state index in [4.69, 9.17) is 0 Å². The van der Waals surface area contributed by atoms with Crippen LogP contribution in [0.5, 0.6) is 0 Å². The molecule has 0 bridgehead atoms. The molecule has 2 aromatic carbocycles. The number of hydrogen-bond acceptors (Lipinski definition) is 2. The van der Waals surface area contributed by atoms with Crippen molar-refractivity contribution in [3.63, 3.8) is 0 Å². The van der Waals surface area contributed by atoms with Crippen LogP contribution < -0.4 is 10.6 Å². The summed E-state index contributed by atoms with van der Waals surface area (Å²) >= 11 is 0. The van der Waals surface area contributed by atoms with E-state index >= 15 is 0 Å². The SMILES string of the molecule is O=C(NCc1cccc(C(F)(F)F)c1)NCC1CCCN(Cc2ccccc2)C1. The number of carbonyl (C=O) groups is 1. The zero-order valence-electron chi connectivity index (χ0n) is 16.2. The molecule has 3 rings (SSSR count). The van der Waals surface area contributed by atoms with E-state index in [2.05, 4.69) is 27.7 Å². The molecular formula is C22H26F3N3O. The Morgan fingerprint density at radius 2 is 1.79 bits per heavy atom. The lowest BCUT2D eigenvalue weighted by molar-refractivity contribution is -0.137. The number of urea groups is 1. The molecule has 7 heteroatoms. The number of nitrogens with one attached hydrogen (secondary N) is 2. The quantitative estimate of drug-likeness (QED) is 0.747. The number of benzene rings is 2. The topological polar surface area (TPSA) is 44.4 Å². The van der Waals surface area contributed by atoms with Gasteiger partial charge in [-0.25, -0.2) is 4.79 Å². The van der Waals surface area contributed by atoms with Gasteiger partial charge in [-0.05, 0) is 48.6 Å². The van der Waals surface area contributed by atoms with Crippen molar-refractivity contribution in [2.24, 2.45) is 5.92 Å². The fourth-order valence-corrected chi connectivity index (χ4v) is 3.64. The first-order valence-corrected chi connectivity index (χ1v) is 9.84. The first-order chi connectivity index (χ1) is 13.9. The van der Waals surface area contributed by atoms with Crippen molar-refractivity contribution >= 4 is 6.03 Å². The number of amides is 2. The second-order valence-electron chi connectivity index (χ2n) is 7.49. The van der Waals surface area contributed by atoms with E-state index < -0.39 is 11.7 Å². The summed E-state index contributed by atoms with van der Waals surface area (Å²) in [6.07, 6.45) is -2.24. The number of piperidine rings is 1. The van der Waals surface area contributed by atoms with Crippen LogP contribution in [-0.2, 0) is 19.3 Å². The van der Waals surface area contributed by atoms with Crippen LogP contribution in [0.15, 0.2) is 54.6 Å². The molecular weight excluding hydrogens is 379 g/mol. The molecule has 4 nitrogen and oxygen atoms in total. The Balaban J connectivity index is 1.41. The van der Waals surface area contributed by atoms with E-state index in [1.165, 1.54) is 11.6 Å². The lowest BCUT2D eigenvalue weighted by atomic mass is 9.97. The summed E-state index contributed by atoms with van der Waals surface area (Å²) < 4.78 is 38.3. The summed E-state index contributed by atoms with van der Waals surface area (Å²) in [6.45, 7) is 3.48. The molecule has 0 aliphatic carbocycles. The third-order valence-electron chi connectivity index (χ3n) is 5.11. The van der Waals surface area contributed by atoms with Crippen LogP contribution in [0.3, 0.4) is 0 Å². The number of likely N-dealkylation sites (tertiary alicyclic amines) is 1. The zero-order valence-corrected chi connectivity index (χ0v) is 16.2. The molecule has 0 spiro atoms. The Bertz CT molecular complexity index is 795. The summed E-state index contributed by atoms with van der Waals surface area (Å²) in [5.41, 5.74) is 0.986. The molecule has 2 aromatic rings. The van der Waals surface area contributed by atoms with Crippen LogP contribution in [0.25, 0.3) is 0 Å². The number of halogens is 3. The molecule has 0 aromatic heterocycles. The first kappa shape index (κ1) is 21.2. The Kier molecular flexibility index (Phi) is 7.14. The van der Waals surface area contributed by atoms with Gasteiger partial charge in [0, 0.05) is 26.2 Å². The third kappa shape index (κ3) is 6.78. The van der Waals surface area contributed by atoms with Crippen molar-refractivity contribution < 1.29 is 18.0 Å². The van der Waals surface area contributed by atoms with Crippen LogP contribution in [0, 0.1) is 5.92 Å². The number of hydrogen-bond donors (Lipinski definition) is 2. The molecule has 1 unspecified atom stereocenters. The van der Waals surface area contributed by atoms with E-state index in [0.29, 0.717) is 18.0 Å². The summed E-state index contributed by atoms with van der Waals surface area (Å²) in [6, 6.07) is 14.9. The lowest BCUT2D eigenvalue weighted by Crippen LogP contribution is -2.43. The zero-order chi connectivity index (χ0) is 20.7. The van der Waals surface area contributed by atoms with Gasteiger partial charge in [0.15, 0.2) is 0 Å². The highest BCUT2D eigenvalue weighted by Gasteiger charge is 2.30. The summed E-state index contributed by atoms with van der Waals surface area (Å²) in [5, 5.41) is 5.49. The Labute approximate surface area is 169 Å². The van der Waals surface area contributed by atoms with E-state index in [1.54, 1.807) is 6.07 Å². The predicted molar refractivity (Wildman–Crippen MR) is 106 cm³/mol. The largest absolute Gasteiger partial charge is 0.416 e. The van der Waals surface area contributed by atoms with Crippen molar-refractivity contribution in [3.8, 4) is 0 Å². The Morgan fingerprint density at radius 3 is 2.55 bits per heavy atom. The van der Waals surface area contributed by atoms with Gasteiger partial charge in [0.1, 0.15) is 0 Å². The van der Waals surface area contributed by atoms with Crippen LogP contribution in [0.4, 0.5) is 18.0 Å². The minimum Gasteiger partial charge on any atom is -0.338 e. The van der Waals surface area contributed by atoms with Gasteiger partial charge in [0.2, 0.25) is 0 Å². The lowest BCUT2D eigenvalue weighted by Gasteiger charge is -2.32. The van der Waals surface area contributed by atoms with E-state index in [0.717, 1.165) is 44.6 Å². The summed E-state index contributed by atoms with van der Waals surface area (Å²) in [4.78, 5) is 14.4. The van der Waals surface area contributed by atoms with Crippen LogP contribution >= 0.6 is 0 Å². The van der Waals surface area contributed by atoms with Gasteiger partial charge < -0.3 is 10.6 Å². The highest BCUT2D eigenvalue weighted by atomic mass is 19.4. The molecule has 1 heterocycles. The highest BCUT2D eigenvalue weighted by Crippen LogP contribution is 2.29. The molecule has 2 N–H and O–H groups in total. The Morgan fingerprint density at radius 1 is 1.03 bits per heavy atom. The highest BCUT2D eigenvalue weighted by molar-refractivity contribution is 5.73. The van der Waals surface area contributed by atoms with E-state index in [9.17, 15) is 18.0 Å². The minimum atomic E-state index is -4.38. The molecule has 156 valence electrons. The van der Waals surface area contributed by atoms with Crippen LogP contribution in [-0.4, -0.2) is 30.6 Å². The second-order valence-corrected chi connectivity index (χ2v) is 7.49. The maximum atomic E-state index is 12.8. The summed E-state index contributed by atoms with van der Waals surface area (Å²) in [5.74, 6) is 0.367. The molecule has 29 heavy (non-hydrogen) atoms. The van der Waals surface area contributed by atoms with Crippen molar-refractivity contribution in [1.82, 2.24) is 15.5 Å². The van der Waals surface area contributed by atoms with Gasteiger partial charge in [-0.1, -0.05) is 42.5 Å². The van der Waals surface area contributed by atoms with E-state index in [-0.39, 0.29) is 12.6 Å². The standard InChI is InChI=1S/C22H26F3N3O/c23-22(24,25)20-10-4-8-18(12-20)13-26-21(29)27-14-19-9-5-11-28(16-19)15-17-6-2-1-3-7-17/h1-4,6-8,10,12,19H,5,9,11,13-16H2,(H2,26,27,29). The minimum absolute atomic E-state index is 0.0561. The monoisotopic (exact) mass is 405 g/mol. The molecule has 0 radical (unpaired) electrons. The van der Waals surface area contributed by atoms with Gasteiger partial charge in [0.25, 0.3) is 0 Å². The molecule has 2 amide bonds. The van der Waals surface area contributed by atoms with Gasteiger partial charge in [-0.3, -0.25) is 4.90 Å². The molecule has 1 aliphatic rings. The number of alkyl halides is 3. The van der Waals surface area contributed by atoms with Crippen LogP contribution in [0.2, 0.25) is 0 Å². The molecule has 0 saturated carbocycles. The summed E-state index contributed by atoms with van der Waals surface area (Å²) in [7, 11) is 0. The number of carbonyl (C=O) groups excluding carboxylic acids is 1.